The number of hydrogen-bond donors (Lipinski definition) is 2. The van der Waals surface area contributed by atoms with Gasteiger partial charge < -0.3 is 10.4 Å². The van der Waals surface area contributed by atoms with Crippen molar-refractivity contribution in [1.82, 2.24) is 4.98 Å². The second kappa shape index (κ2) is 7.54. The third-order valence-corrected chi connectivity index (χ3v) is 5.03. The zero-order valence-electron chi connectivity index (χ0n) is 12.4. The summed E-state index contributed by atoms with van der Waals surface area (Å²) < 4.78 is 0. The molecule has 0 saturated heterocycles. The van der Waals surface area contributed by atoms with E-state index in [1.54, 1.807) is 6.92 Å². The number of carbonyl (C=O) groups excluding carboxylic acids is 1. The van der Waals surface area contributed by atoms with Gasteiger partial charge >= 0.3 is 5.97 Å². The van der Waals surface area contributed by atoms with Crippen molar-refractivity contribution >= 4 is 28.3 Å². The lowest BCUT2D eigenvalue weighted by molar-refractivity contribution is -0.136. The molecule has 1 aromatic rings. The minimum Gasteiger partial charge on any atom is -0.481 e. The largest absolute Gasteiger partial charge is 0.481 e. The molecule has 21 heavy (non-hydrogen) atoms. The smallest absolute Gasteiger partial charge is 0.308 e. The van der Waals surface area contributed by atoms with Crippen LogP contribution in [0.4, 0.5) is 5.13 Å². The highest BCUT2D eigenvalue weighted by Crippen LogP contribution is 2.28. The van der Waals surface area contributed by atoms with Crippen LogP contribution < -0.4 is 5.32 Å². The van der Waals surface area contributed by atoms with Crippen LogP contribution in [-0.2, 0) is 16.0 Å². The van der Waals surface area contributed by atoms with E-state index >= 15 is 0 Å². The van der Waals surface area contributed by atoms with Gasteiger partial charge in [-0.25, -0.2) is 4.98 Å². The Morgan fingerprint density at radius 2 is 2.05 bits per heavy atom. The summed E-state index contributed by atoms with van der Waals surface area (Å²) in [5, 5.41) is 12.1. The molecule has 1 heterocycles. The number of nitrogens with zero attached hydrogens (tertiary/aromatic N) is 1. The number of aromatic nitrogens is 1. The van der Waals surface area contributed by atoms with Gasteiger partial charge in [-0.15, -0.1) is 11.3 Å². The predicted octanol–water partition coefficient (Wildman–Crippen LogP) is 3.38. The van der Waals surface area contributed by atoms with Crippen LogP contribution in [0.15, 0.2) is 0 Å². The Balaban J connectivity index is 1.80. The highest BCUT2D eigenvalue weighted by atomic mass is 32.1. The van der Waals surface area contributed by atoms with Crippen molar-refractivity contribution in [2.75, 3.05) is 5.32 Å². The predicted molar refractivity (Wildman–Crippen MR) is 82.6 cm³/mol. The zero-order valence-corrected chi connectivity index (χ0v) is 13.2. The van der Waals surface area contributed by atoms with Crippen molar-refractivity contribution < 1.29 is 14.7 Å². The molecule has 1 saturated carbocycles. The maximum Gasteiger partial charge on any atom is 0.308 e. The number of aliphatic carboxylic acids is 1. The molecule has 1 aliphatic rings. The van der Waals surface area contributed by atoms with E-state index in [0.717, 1.165) is 6.42 Å². The topological polar surface area (TPSA) is 79.3 Å². The Hall–Kier alpha value is -1.43. The summed E-state index contributed by atoms with van der Waals surface area (Å²) in [7, 11) is 0. The summed E-state index contributed by atoms with van der Waals surface area (Å²) in [6.07, 6.45) is 7.82. The van der Waals surface area contributed by atoms with Crippen LogP contribution in [0.2, 0.25) is 0 Å². The number of rotatable bonds is 6. The summed E-state index contributed by atoms with van der Waals surface area (Å²) in [6, 6.07) is 0. The first kappa shape index (κ1) is 15.9. The van der Waals surface area contributed by atoms with E-state index < -0.39 is 5.97 Å². The number of thiazole rings is 1. The van der Waals surface area contributed by atoms with Gasteiger partial charge in [0.2, 0.25) is 5.91 Å². The van der Waals surface area contributed by atoms with Crippen LogP contribution in [-0.4, -0.2) is 22.0 Å². The maximum absolute atomic E-state index is 11.9. The van der Waals surface area contributed by atoms with Crippen LogP contribution in [0.5, 0.6) is 0 Å². The fraction of sp³-hybridized carbons (Fsp3) is 0.667. The number of anilines is 1. The molecule has 0 bridgehead atoms. The Labute approximate surface area is 128 Å². The molecule has 116 valence electrons. The number of carboxylic acid groups (broad SMARTS) is 1. The molecule has 0 spiro atoms. The number of carbonyl (C=O) groups is 2. The van der Waals surface area contributed by atoms with Crippen molar-refractivity contribution in [3.05, 3.63) is 10.6 Å². The molecule has 0 aliphatic heterocycles. The maximum atomic E-state index is 11.9. The normalized spacial score (nSPS) is 15.9. The highest BCUT2D eigenvalue weighted by Gasteiger charge is 2.16. The zero-order chi connectivity index (χ0) is 15.2. The Morgan fingerprint density at radius 1 is 1.33 bits per heavy atom. The molecule has 1 aromatic heterocycles. The summed E-state index contributed by atoms with van der Waals surface area (Å²) in [5.41, 5.74) is 0.685. The number of aryl methyl sites for hydroxylation is 1. The molecule has 0 unspecified atom stereocenters. The number of amides is 1. The second-order valence-electron chi connectivity index (χ2n) is 5.69. The highest BCUT2D eigenvalue weighted by molar-refractivity contribution is 7.16. The van der Waals surface area contributed by atoms with Crippen LogP contribution in [0.25, 0.3) is 0 Å². The summed E-state index contributed by atoms with van der Waals surface area (Å²) in [6.45, 7) is 1.77. The van der Waals surface area contributed by atoms with E-state index in [1.807, 2.05) is 0 Å². The Morgan fingerprint density at radius 3 is 2.71 bits per heavy atom. The van der Waals surface area contributed by atoms with Gasteiger partial charge in [-0.3, -0.25) is 9.59 Å². The molecule has 0 radical (unpaired) electrons. The number of hydrogen-bond acceptors (Lipinski definition) is 4. The monoisotopic (exact) mass is 310 g/mol. The van der Waals surface area contributed by atoms with Crippen molar-refractivity contribution in [3.63, 3.8) is 0 Å². The standard InChI is InChI=1S/C15H22N2O3S/c1-10-12(9-14(19)20)21-15(16-10)17-13(18)8-7-11-5-3-2-4-6-11/h11H,2-9H2,1H3,(H,19,20)(H,16,17,18). The third-order valence-electron chi connectivity index (χ3n) is 3.96. The molecule has 1 amide bonds. The van der Waals surface area contributed by atoms with Crippen molar-refractivity contribution in [3.8, 4) is 0 Å². The molecule has 1 fully saturated rings. The molecule has 5 nitrogen and oxygen atoms in total. The summed E-state index contributed by atoms with van der Waals surface area (Å²) >= 11 is 1.25. The molecular formula is C15H22N2O3S. The average Bonchev–Trinajstić information content (AvgIpc) is 2.77. The average molecular weight is 310 g/mol. The number of carboxylic acids is 1. The first-order chi connectivity index (χ1) is 10.0. The van der Waals surface area contributed by atoms with Crippen molar-refractivity contribution in [2.24, 2.45) is 5.92 Å². The lowest BCUT2D eigenvalue weighted by Gasteiger charge is -2.20. The van der Waals surface area contributed by atoms with Crippen LogP contribution in [0.3, 0.4) is 0 Å². The molecule has 1 aliphatic carbocycles. The quantitative estimate of drug-likeness (QED) is 0.844. The fourth-order valence-electron chi connectivity index (χ4n) is 2.78. The first-order valence-corrected chi connectivity index (χ1v) is 8.34. The van der Waals surface area contributed by atoms with Crippen LogP contribution >= 0.6 is 11.3 Å². The van der Waals surface area contributed by atoms with Crippen LogP contribution in [0, 0.1) is 12.8 Å². The SMILES string of the molecule is Cc1nc(NC(=O)CCC2CCCCC2)sc1CC(=O)O. The molecule has 2 rings (SSSR count). The van der Waals surface area contributed by atoms with Gasteiger partial charge in [0.05, 0.1) is 12.1 Å². The lowest BCUT2D eigenvalue weighted by Crippen LogP contribution is -2.14. The van der Waals surface area contributed by atoms with E-state index in [2.05, 4.69) is 10.3 Å². The van der Waals surface area contributed by atoms with Crippen molar-refractivity contribution in [2.45, 2.75) is 58.3 Å². The van der Waals surface area contributed by atoms with Gasteiger partial charge in [-0.1, -0.05) is 32.1 Å². The third kappa shape index (κ3) is 5.12. The molecule has 2 N–H and O–H groups in total. The first-order valence-electron chi connectivity index (χ1n) is 7.52. The Kier molecular flexibility index (Phi) is 5.73. The summed E-state index contributed by atoms with van der Waals surface area (Å²) in [5.74, 6) is -0.210. The molecule has 6 heteroatoms. The minimum absolute atomic E-state index is 0.0174. The lowest BCUT2D eigenvalue weighted by atomic mass is 9.86. The minimum atomic E-state index is -0.878. The van der Waals surface area contributed by atoms with Gasteiger partial charge in [0.15, 0.2) is 5.13 Å². The van der Waals surface area contributed by atoms with Crippen LogP contribution in [0.1, 0.15) is 55.5 Å². The summed E-state index contributed by atoms with van der Waals surface area (Å²) in [4.78, 5) is 27.6. The van der Waals surface area contributed by atoms with E-state index in [1.165, 1.54) is 43.4 Å². The fourth-order valence-corrected chi connectivity index (χ4v) is 3.75. The van der Waals surface area contributed by atoms with E-state index in [9.17, 15) is 9.59 Å². The Bertz CT molecular complexity index is 507. The second-order valence-corrected chi connectivity index (χ2v) is 6.77. The van der Waals surface area contributed by atoms with E-state index in [0.29, 0.717) is 28.0 Å². The molecular weight excluding hydrogens is 288 g/mol. The van der Waals surface area contributed by atoms with Gasteiger partial charge in [-0.2, -0.15) is 0 Å². The number of nitrogens with one attached hydrogen (secondary N) is 1. The van der Waals surface area contributed by atoms with Gasteiger partial charge in [0.1, 0.15) is 0 Å². The molecule has 0 aromatic carbocycles. The van der Waals surface area contributed by atoms with Gasteiger partial charge in [0.25, 0.3) is 0 Å². The van der Waals surface area contributed by atoms with E-state index in [4.69, 9.17) is 5.11 Å². The molecule has 0 atom stereocenters. The van der Waals surface area contributed by atoms with E-state index in [-0.39, 0.29) is 12.3 Å². The van der Waals surface area contributed by atoms with Gasteiger partial charge in [0, 0.05) is 11.3 Å². The van der Waals surface area contributed by atoms with Gasteiger partial charge in [-0.05, 0) is 19.3 Å². The van der Waals surface area contributed by atoms with Crippen molar-refractivity contribution in [1.29, 1.82) is 0 Å².